The second kappa shape index (κ2) is 7.36. The molecule has 1 N–H and O–H groups in total. The van der Waals surface area contributed by atoms with E-state index in [4.69, 9.17) is 9.15 Å². The molecule has 6 rings (SSSR count). The molecule has 1 amide bonds. The molecule has 1 aromatic heterocycles. The first-order valence-electron chi connectivity index (χ1n) is 11.3. The minimum atomic E-state index is -4.56. The molecule has 0 bridgehead atoms. The number of benzene rings is 1. The highest BCUT2D eigenvalue weighted by Crippen LogP contribution is 2.52. The number of halogens is 4. The molecule has 1 aromatic carbocycles. The Morgan fingerprint density at radius 1 is 1.18 bits per heavy atom. The molecule has 1 saturated heterocycles. The summed E-state index contributed by atoms with van der Waals surface area (Å²) in [7, 11) is 0. The summed E-state index contributed by atoms with van der Waals surface area (Å²) >= 11 is 0. The maximum Gasteiger partial charge on any atom is 0.396 e. The van der Waals surface area contributed by atoms with Gasteiger partial charge in [0.2, 0.25) is 0 Å². The van der Waals surface area contributed by atoms with Crippen LogP contribution in [0.15, 0.2) is 22.6 Å². The molecule has 4 unspecified atom stereocenters. The molecular formula is C23H23F4N3O3. The number of hydrogen-bond donors (Lipinski definition) is 1. The van der Waals surface area contributed by atoms with Crippen LogP contribution in [0.3, 0.4) is 0 Å². The van der Waals surface area contributed by atoms with Crippen molar-refractivity contribution in [2.75, 3.05) is 16.8 Å². The van der Waals surface area contributed by atoms with Crippen molar-refractivity contribution in [3.63, 3.8) is 0 Å². The Morgan fingerprint density at radius 3 is 2.61 bits per heavy atom. The molecular weight excluding hydrogens is 442 g/mol. The summed E-state index contributed by atoms with van der Waals surface area (Å²) < 4.78 is 64.9. The number of nitrogens with zero attached hydrogens (tertiary/aromatic N) is 2. The minimum Gasteiger partial charge on any atom is -0.487 e. The molecule has 2 heterocycles. The van der Waals surface area contributed by atoms with Gasteiger partial charge in [0.25, 0.3) is 11.9 Å². The van der Waals surface area contributed by atoms with E-state index in [0.29, 0.717) is 24.3 Å². The van der Waals surface area contributed by atoms with Crippen molar-refractivity contribution in [3.05, 3.63) is 35.5 Å². The van der Waals surface area contributed by atoms with Crippen LogP contribution in [0.4, 0.5) is 29.3 Å². The number of piperidine rings is 1. The number of aromatic nitrogens is 1. The first-order valence-corrected chi connectivity index (χ1v) is 11.3. The van der Waals surface area contributed by atoms with Crippen LogP contribution in [0.25, 0.3) is 0 Å². The van der Waals surface area contributed by atoms with Crippen molar-refractivity contribution in [1.82, 2.24) is 4.98 Å². The first kappa shape index (κ1) is 20.8. The molecule has 3 aliphatic carbocycles. The van der Waals surface area contributed by atoms with E-state index in [9.17, 15) is 22.4 Å². The number of anilines is 2. The third kappa shape index (κ3) is 4.15. The van der Waals surface area contributed by atoms with Gasteiger partial charge in [0, 0.05) is 24.3 Å². The van der Waals surface area contributed by atoms with E-state index >= 15 is 0 Å². The summed E-state index contributed by atoms with van der Waals surface area (Å²) in [4.78, 5) is 18.7. The smallest absolute Gasteiger partial charge is 0.396 e. The molecule has 0 spiro atoms. The molecule has 5 atom stereocenters. The van der Waals surface area contributed by atoms with Gasteiger partial charge < -0.3 is 19.4 Å². The maximum atomic E-state index is 14.6. The van der Waals surface area contributed by atoms with Crippen LogP contribution in [0.1, 0.15) is 48.4 Å². The van der Waals surface area contributed by atoms with Crippen molar-refractivity contribution in [2.45, 2.75) is 56.8 Å². The lowest BCUT2D eigenvalue weighted by Gasteiger charge is -2.16. The van der Waals surface area contributed by atoms with E-state index in [1.807, 2.05) is 4.90 Å². The van der Waals surface area contributed by atoms with E-state index in [0.717, 1.165) is 31.7 Å². The number of alkyl halides is 3. The number of rotatable bonds is 6. The van der Waals surface area contributed by atoms with E-state index in [1.165, 1.54) is 18.6 Å². The number of nitrogens with one attached hydrogen (secondary N) is 1. The van der Waals surface area contributed by atoms with Gasteiger partial charge in [0.05, 0.1) is 6.10 Å². The fraction of sp³-hybridized carbons (Fsp3) is 0.565. The minimum absolute atomic E-state index is 0.00109. The Kier molecular flexibility index (Phi) is 4.64. The zero-order valence-electron chi connectivity index (χ0n) is 17.7. The summed E-state index contributed by atoms with van der Waals surface area (Å²) in [5.74, 6) is -0.0455. The normalized spacial score (nSPS) is 29.6. The number of carbonyl (C=O) groups excluding carboxylic acids is 1. The Hall–Kier alpha value is -2.78. The SMILES string of the molecule is O=C(Nc1ccc(OC2CC3C[C@@H]3C2)c(F)c1)c1nc(N2CCC3CC32)oc1CC(F)(F)F. The Bertz CT molecular complexity index is 1090. The zero-order valence-corrected chi connectivity index (χ0v) is 17.7. The molecule has 3 saturated carbocycles. The average Bonchev–Trinajstić information content (AvgIpc) is 3.50. The van der Waals surface area contributed by atoms with Gasteiger partial charge in [-0.05, 0) is 62.0 Å². The lowest BCUT2D eigenvalue weighted by molar-refractivity contribution is -0.130. The van der Waals surface area contributed by atoms with Crippen LogP contribution in [0, 0.1) is 23.6 Å². The highest BCUT2D eigenvalue weighted by atomic mass is 19.4. The lowest BCUT2D eigenvalue weighted by atomic mass is 10.2. The summed E-state index contributed by atoms with van der Waals surface area (Å²) in [6, 6.07) is 4.24. The van der Waals surface area contributed by atoms with Gasteiger partial charge in [-0.25, -0.2) is 4.39 Å². The predicted octanol–water partition coefficient (Wildman–Crippen LogP) is 4.95. The Balaban J connectivity index is 1.18. The summed E-state index contributed by atoms with van der Waals surface area (Å²) in [5, 5.41) is 2.44. The predicted molar refractivity (Wildman–Crippen MR) is 110 cm³/mol. The van der Waals surface area contributed by atoms with Gasteiger partial charge >= 0.3 is 6.18 Å². The van der Waals surface area contributed by atoms with Crippen LogP contribution in [-0.2, 0) is 6.42 Å². The summed E-state index contributed by atoms with van der Waals surface area (Å²) in [6.45, 7) is 0.636. The first-order chi connectivity index (χ1) is 15.7. The van der Waals surface area contributed by atoms with E-state index in [1.54, 1.807) is 0 Å². The third-order valence-electron chi connectivity index (χ3n) is 7.22. The second-order valence-electron chi connectivity index (χ2n) is 9.67. The molecule has 6 nitrogen and oxygen atoms in total. The van der Waals surface area contributed by atoms with Crippen LogP contribution in [0.2, 0.25) is 0 Å². The molecule has 4 aliphatic rings. The van der Waals surface area contributed by atoms with Crippen LogP contribution in [0.5, 0.6) is 5.75 Å². The highest BCUT2D eigenvalue weighted by molar-refractivity contribution is 6.03. The molecule has 1 aliphatic heterocycles. The zero-order chi connectivity index (χ0) is 22.9. The van der Waals surface area contributed by atoms with Crippen LogP contribution < -0.4 is 15.0 Å². The van der Waals surface area contributed by atoms with Gasteiger partial charge in [-0.2, -0.15) is 18.2 Å². The fourth-order valence-corrected chi connectivity index (χ4v) is 5.37. The quantitative estimate of drug-likeness (QED) is 0.612. The Morgan fingerprint density at radius 2 is 1.97 bits per heavy atom. The average molecular weight is 465 g/mol. The van der Waals surface area contributed by atoms with E-state index < -0.39 is 35.8 Å². The molecule has 4 fully saturated rings. The van der Waals surface area contributed by atoms with Gasteiger partial charge in [-0.3, -0.25) is 4.79 Å². The van der Waals surface area contributed by atoms with Crippen molar-refractivity contribution in [1.29, 1.82) is 0 Å². The molecule has 10 heteroatoms. The standard InChI is InChI=1S/C23H23F4N3O3/c24-16-9-14(1-2-18(16)32-15-6-12-5-13(12)7-15)28-21(31)20-19(10-23(25,26)27)33-22(29-20)30-4-3-11-8-17(11)30/h1-2,9,11-13,15,17H,3-8,10H2,(H,28,31)/t11?,12-,13?,15?,17?/m1/s1. The van der Waals surface area contributed by atoms with Crippen molar-refractivity contribution in [3.8, 4) is 5.75 Å². The number of carbonyl (C=O) groups is 1. The van der Waals surface area contributed by atoms with E-state index in [-0.39, 0.29) is 29.6 Å². The van der Waals surface area contributed by atoms with Gasteiger partial charge in [-0.1, -0.05) is 0 Å². The monoisotopic (exact) mass is 465 g/mol. The van der Waals surface area contributed by atoms with Crippen LogP contribution >= 0.6 is 0 Å². The van der Waals surface area contributed by atoms with Crippen molar-refractivity contribution in [2.24, 2.45) is 17.8 Å². The van der Waals surface area contributed by atoms with Gasteiger partial charge in [0.1, 0.15) is 12.2 Å². The molecule has 33 heavy (non-hydrogen) atoms. The van der Waals surface area contributed by atoms with E-state index in [2.05, 4.69) is 10.3 Å². The molecule has 176 valence electrons. The van der Waals surface area contributed by atoms with Gasteiger partial charge in [0.15, 0.2) is 17.3 Å². The summed E-state index contributed by atoms with van der Waals surface area (Å²) in [6.07, 6.45) is -1.01. The number of oxazole rings is 1. The molecule has 0 radical (unpaired) electrons. The number of ether oxygens (including phenoxy) is 1. The van der Waals surface area contributed by atoms with Crippen LogP contribution in [-0.4, -0.2) is 35.8 Å². The second-order valence-corrected chi connectivity index (χ2v) is 9.67. The number of hydrogen-bond acceptors (Lipinski definition) is 5. The molecule has 2 aromatic rings. The number of amides is 1. The summed E-state index contributed by atoms with van der Waals surface area (Å²) in [5.41, 5.74) is -0.331. The fourth-order valence-electron chi connectivity index (χ4n) is 5.37. The maximum absolute atomic E-state index is 14.6. The Labute approximate surface area is 187 Å². The van der Waals surface area contributed by atoms with Gasteiger partial charge in [-0.15, -0.1) is 0 Å². The van der Waals surface area contributed by atoms with Crippen molar-refractivity contribution >= 4 is 17.6 Å². The topological polar surface area (TPSA) is 67.6 Å². The lowest BCUT2D eigenvalue weighted by Crippen LogP contribution is -2.23. The van der Waals surface area contributed by atoms with Crippen molar-refractivity contribution < 1.29 is 31.5 Å². The largest absolute Gasteiger partial charge is 0.487 e. The highest BCUT2D eigenvalue weighted by Gasteiger charge is 2.49. The third-order valence-corrected chi connectivity index (χ3v) is 7.22. The number of fused-ring (bicyclic) bond motifs is 2.